The summed E-state index contributed by atoms with van der Waals surface area (Å²) in [5, 5.41) is 0. The van der Waals surface area contributed by atoms with E-state index in [1.54, 1.807) is 19.1 Å². The van der Waals surface area contributed by atoms with Gasteiger partial charge in [0.25, 0.3) is 0 Å². The molecule has 0 aromatic heterocycles. The van der Waals surface area contributed by atoms with E-state index in [-0.39, 0.29) is 35.1 Å². The highest BCUT2D eigenvalue weighted by molar-refractivity contribution is 5.77. The molecule has 4 rings (SSSR count). The van der Waals surface area contributed by atoms with Gasteiger partial charge in [-0.15, -0.1) is 0 Å². The van der Waals surface area contributed by atoms with Crippen LogP contribution >= 0.6 is 0 Å². The van der Waals surface area contributed by atoms with Gasteiger partial charge >= 0.3 is 6.61 Å². The van der Waals surface area contributed by atoms with Gasteiger partial charge in [-0.05, 0) is 47.4 Å². The van der Waals surface area contributed by atoms with Crippen LogP contribution in [0.1, 0.15) is 64.1 Å². The average molecular weight is 542 g/mol. The van der Waals surface area contributed by atoms with Crippen LogP contribution in [0.5, 0.6) is 5.75 Å². The Bertz CT molecular complexity index is 1100. The Hall–Kier alpha value is -3.00. The van der Waals surface area contributed by atoms with Crippen molar-refractivity contribution in [3.63, 3.8) is 0 Å². The predicted octanol–water partition coefficient (Wildman–Crippen LogP) is 5.58. The zero-order valence-electron chi connectivity index (χ0n) is 23.5. The summed E-state index contributed by atoms with van der Waals surface area (Å²) in [4.78, 5) is 31.7. The normalized spacial score (nSPS) is 20.2. The number of rotatable bonds is 7. The third-order valence-electron chi connectivity index (χ3n) is 8.16. The van der Waals surface area contributed by atoms with Crippen LogP contribution in [-0.2, 0) is 9.59 Å². The van der Waals surface area contributed by atoms with Gasteiger partial charge < -0.3 is 14.5 Å². The molecule has 0 spiro atoms. The highest BCUT2D eigenvalue weighted by Crippen LogP contribution is 2.36. The van der Waals surface area contributed by atoms with Crippen LogP contribution in [0, 0.1) is 11.3 Å². The lowest BCUT2D eigenvalue weighted by Crippen LogP contribution is -2.60. The van der Waals surface area contributed by atoms with Crippen molar-refractivity contribution >= 4 is 11.8 Å². The van der Waals surface area contributed by atoms with Gasteiger partial charge in [-0.25, -0.2) is 0 Å². The Kier molecular flexibility index (Phi) is 9.26. The summed E-state index contributed by atoms with van der Waals surface area (Å²) < 4.78 is 30.0. The van der Waals surface area contributed by atoms with Crippen molar-refractivity contribution in [1.82, 2.24) is 14.7 Å². The van der Waals surface area contributed by atoms with E-state index in [4.69, 9.17) is 0 Å². The smallest absolute Gasteiger partial charge is 0.387 e. The Labute approximate surface area is 230 Å². The number of halogens is 2. The van der Waals surface area contributed by atoms with Gasteiger partial charge in [0.2, 0.25) is 11.8 Å². The van der Waals surface area contributed by atoms with E-state index in [0.29, 0.717) is 32.0 Å². The zero-order chi connectivity index (χ0) is 28.2. The minimum Gasteiger partial charge on any atom is -0.435 e. The van der Waals surface area contributed by atoms with Crippen LogP contribution in [0.2, 0.25) is 0 Å². The molecule has 2 aromatic carbocycles. The van der Waals surface area contributed by atoms with Crippen molar-refractivity contribution in [3.8, 4) is 5.75 Å². The van der Waals surface area contributed by atoms with Crippen molar-refractivity contribution < 1.29 is 23.1 Å². The van der Waals surface area contributed by atoms with Crippen LogP contribution < -0.4 is 4.74 Å². The fraction of sp³-hybridized carbons (Fsp3) is 0.548. The molecule has 2 aromatic rings. The summed E-state index contributed by atoms with van der Waals surface area (Å²) >= 11 is 0. The summed E-state index contributed by atoms with van der Waals surface area (Å²) in [6, 6.07) is 17.0. The summed E-state index contributed by atoms with van der Waals surface area (Å²) in [5.74, 6) is 0.740. The van der Waals surface area contributed by atoms with Crippen LogP contribution in [0.3, 0.4) is 0 Å². The molecule has 2 unspecified atom stereocenters. The second kappa shape index (κ2) is 12.5. The minimum atomic E-state index is -2.86. The number of hydrogen-bond acceptors (Lipinski definition) is 4. The van der Waals surface area contributed by atoms with Crippen molar-refractivity contribution in [1.29, 1.82) is 0 Å². The van der Waals surface area contributed by atoms with Gasteiger partial charge in [-0.2, -0.15) is 8.78 Å². The summed E-state index contributed by atoms with van der Waals surface area (Å²) in [7, 11) is 0. The van der Waals surface area contributed by atoms with Crippen LogP contribution in [0.15, 0.2) is 54.6 Å². The van der Waals surface area contributed by atoms with Crippen molar-refractivity contribution in [2.24, 2.45) is 11.3 Å². The summed E-state index contributed by atoms with van der Waals surface area (Å²) in [5.41, 5.74) is 1.97. The van der Waals surface area contributed by atoms with E-state index >= 15 is 0 Å². The fourth-order valence-corrected chi connectivity index (χ4v) is 5.98. The molecule has 0 saturated carbocycles. The third-order valence-corrected chi connectivity index (χ3v) is 8.16. The van der Waals surface area contributed by atoms with Gasteiger partial charge in [0.05, 0.1) is 6.04 Å². The standard InChI is InChI=1S/C31H41F2N3O3/c1-22(37)34-16-14-23(15-17-34)20-28(38)36-19-18-35(21-27(36)31(2,3)4)29(24-8-6-5-7-9-24)25-10-12-26(13-11-25)39-30(32)33/h5-13,23,27,29-30H,14-21H2,1-4H3. The predicted molar refractivity (Wildman–Crippen MR) is 147 cm³/mol. The second-order valence-electron chi connectivity index (χ2n) is 11.9. The van der Waals surface area contributed by atoms with Crippen molar-refractivity contribution in [3.05, 3.63) is 65.7 Å². The molecule has 0 N–H and O–H groups in total. The number of hydrogen-bond donors (Lipinski definition) is 0. The number of amides is 2. The molecule has 212 valence electrons. The van der Waals surface area contributed by atoms with Gasteiger partial charge in [0.15, 0.2) is 0 Å². The SMILES string of the molecule is CC(=O)N1CCC(CC(=O)N2CCN(C(c3ccccc3)c3ccc(OC(F)F)cc3)CC2C(C)(C)C)CC1. The zero-order valence-corrected chi connectivity index (χ0v) is 23.5. The van der Waals surface area contributed by atoms with Crippen LogP contribution in [0.25, 0.3) is 0 Å². The number of alkyl halides is 2. The van der Waals surface area contributed by atoms with Gasteiger partial charge in [-0.3, -0.25) is 14.5 Å². The van der Waals surface area contributed by atoms with Crippen molar-refractivity contribution in [2.75, 3.05) is 32.7 Å². The number of nitrogens with zero attached hydrogens (tertiary/aromatic N) is 3. The van der Waals surface area contributed by atoms with Gasteiger partial charge in [0, 0.05) is 52.1 Å². The average Bonchev–Trinajstić information content (AvgIpc) is 2.90. The molecular weight excluding hydrogens is 500 g/mol. The monoisotopic (exact) mass is 541 g/mol. The molecular formula is C31H41F2N3O3. The molecule has 2 saturated heterocycles. The van der Waals surface area contributed by atoms with E-state index in [0.717, 1.165) is 37.1 Å². The molecule has 39 heavy (non-hydrogen) atoms. The fourth-order valence-electron chi connectivity index (χ4n) is 5.98. The lowest BCUT2D eigenvalue weighted by Gasteiger charge is -2.50. The maximum Gasteiger partial charge on any atom is 0.387 e. The highest BCUT2D eigenvalue weighted by Gasteiger charge is 2.40. The molecule has 2 fully saturated rings. The highest BCUT2D eigenvalue weighted by atomic mass is 19.3. The molecule has 0 aliphatic carbocycles. The number of ether oxygens (including phenoxy) is 1. The maximum atomic E-state index is 13.6. The van der Waals surface area contributed by atoms with Gasteiger partial charge in [-0.1, -0.05) is 63.2 Å². The Balaban J connectivity index is 1.52. The summed E-state index contributed by atoms with van der Waals surface area (Å²) in [6.07, 6.45) is 2.26. The number of benzene rings is 2. The molecule has 2 heterocycles. The van der Waals surface area contributed by atoms with Crippen LogP contribution in [-0.4, -0.2) is 71.9 Å². The molecule has 2 amide bonds. The Morgan fingerprint density at radius 1 is 0.923 bits per heavy atom. The molecule has 6 nitrogen and oxygen atoms in total. The van der Waals surface area contributed by atoms with E-state index < -0.39 is 6.61 Å². The van der Waals surface area contributed by atoms with E-state index in [9.17, 15) is 18.4 Å². The number of carbonyl (C=O) groups excluding carboxylic acids is 2. The number of piperazine rings is 1. The second-order valence-corrected chi connectivity index (χ2v) is 11.9. The molecule has 8 heteroatoms. The third kappa shape index (κ3) is 7.35. The minimum absolute atomic E-state index is 0.0173. The van der Waals surface area contributed by atoms with E-state index in [2.05, 4.69) is 47.4 Å². The Morgan fingerprint density at radius 3 is 2.10 bits per heavy atom. The molecule has 2 atom stereocenters. The maximum absolute atomic E-state index is 13.6. The van der Waals surface area contributed by atoms with E-state index in [1.807, 2.05) is 35.2 Å². The molecule has 2 aliphatic heterocycles. The first-order valence-electron chi connectivity index (χ1n) is 13.9. The largest absolute Gasteiger partial charge is 0.435 e. The number of carbonyl (C=O) groups is 2. The first kappa shape index (κ1) is 29.0. The first-order chi connectivity index (χ1) is 18.5. The van der Waals surface area contributed by atoms with Crippen LogP contribution in [0.4, 0.5) is 8.78 Å². The number of piperidine rings is 1. The summed E-state index contributed by atoms with van der Waals surface area (Å²) in [6.45, 7) is 8.77. The lowest BCUT2D eigenvalue weighted by molar-refractivity contribution is -0.141. The number of likely N-dealkylation sites (tertiary alicyclic amines) is 1. The molecule has 0 radical (unpaired) electrons. The van der Waals surface area contributed by atoms with Crippen molar-refractivity contribution in [2.45, 2.75) is 65.7 Å². The van der Waals surface area contributed by atoms with Gasteiger partial charge in [0.1, 0.15) is 5.75 Å². The first-order valence-corrected chi connectivity index (χ1v) is 13.9. The Morgan fingerprint density at radius 2 is 1.54 bits per heavy atom. The van der Waals surface area contributed by atoms with E-state index in [1.165, 1.54) is 0 Å². The molecule has 2 aliphatic rings. The topological polar surface area (TPSA) is 53.1 Å². The quantitative estimate of drug-likeness (QED) is 0.459. The lowest BCUT2D eigenvalue weighted by atomic mass is 9.82. The molecule has 0 bridgehead atoms.